The van der Waals surface area contributed by atoms with Gasteiger partial charge in [0, 0.05) is 24.5 Å². The van der Waals surface area contributed by atoms with Crippen LogP contribution in [0.1, 0.15) is 23.4 Å². The summed E-state index contributed by atoms with van der Waals surface area (Å²) in [5.41, 5.74) is 14.7. The number of hydrogen-bond acceptors (Lipinski definition) is 4. The summed E-state index contributed by atoms with van der Waals surface area (Å²) in [7, 11) is 0. The number of nitrogens with zero attached hydrogens (tertiary/aromatic N) is 2. The van der Waals surface area contributed by atoms with Crippen LogP contribution in [0.15, 0.2) is 6.07 Å². The number of amides is 1. The largest absolute Gasteiger partial charge is 0.389 e. The minimum Gasteiger partial charge on any atom is -0.389 e. The molecule has 0 aliphatic carbocycles. The van der Waals surface area contributed by atoms with Gasteiger partial charge in [0.05, 0.1) is 17.2 Å². The van der Waals surface area contributed by atoms with Crippen molar-refractivity contribution in [2.45, 2.75) is 20.3 Å². The van der Waals surface area contributed by atoms with E-state index >= 15 is 0 Å². The number of rotatable bonds is 3. The Balaban J connectivity index is 2.40. The first-order chi connectivity index (χ1) is 8.90. The third kappa shape index (κ3) is 2.68. The molecule has 2 heterocycles. The Morgan fingerprint density at radius 1 is 1.47 bits per heavy atom. The SMILES string of the molecule is Cc1cc(N2CCC(C(N)=O)C2)c(C(N)=S)c(C)n1. The third-order valence-electron chi connectivity index (χ3n) is 3.49. The van der Waals surface area contributed by atoms with Crippen molar-refractivity contribution >= 4 is 28.8 Å². The second kappa shape index (κ2) is 5.13. The maximum Gasteiger partial charge on any atom is 0.222 e. The molecule has 6 heteroatoms. The summed E-state index contributed by atoms with van der Waals surface area (Å²) in [6, 6.07) is 1.96. The molecular weight excluding hydrogens is 260 g/mol. The second-order valence-electron chi connectivity index (χ2n) is 4.94. The van der Waals surface area contributed by atoms with E-state index in [9.17, 15) is 4.79 Å². The monoisotopic (exact) mass is 278 g/mol. The van der Waals surface area contributed by atoms with Crippen molar-refractivity contribution in [1.29, 1.82) is 0 Å². The Labute approximate surface area is 118 Å². The van der Waals surface area contributed by atoms with Gasteiger partial charge in [-0.15, -0.1) is 0 Å². The van der Waals surface area contributed by atoms with Gasteiger partial charge < -0.3 is 16.4 Å². The summed E-state index contributed by atoms with van der Waals surface area (Å²) in [5, 5.41) is 0. The normalized spacial score (nSPS) is 18.6. The predicted octanol–water partition coefficient (Wildman–Crippen LogP) is 0.644. The van der Waals surface area contributed by atoms with E-state index in [1.165, 1.54) is 0 Å². The maximum absolute atomic E-state index is 11.3. The molecule has 1 saturated heterocycles. The number of carbonyl (C=O) groups is 1. The molecule has 0 radical (unpaired) electrons. The molecule has 1 atom stereocenters. The standard InChI is InChI=1S/C13H18N4OS/c1-7-5-10(11(13(15)19)8(2)16-7)17-4-3-9(6-17)12(14)18/h5,9H,3-4,6H2,1-2H3,(H2,14,18)(H2,15,19). The molecule has 1 aliphatic heterocycles. The fraction of sp³-hybridized carbons (Fsp3) is 0.462. The summed E-state index contributed by atoms with van der Waals surface area (Å²) in [6.45, 7) is 5.23. The van der Waals surface area contributed by atoms with Gasteiger partial charge in [0.15, 0.2) is 0 Å². The van der Waals surface area contributed by atoms with Gasteiger partial charge in [-0.25, -0.2) is 0 Å². The van der Waals surface area contributed by atoms with Gasteiger partial charge in [0.2, 0.25) is 5.91 Å². The first-order valence-electron chi connectivity index (χ1n) is 6.22. The lowest BCUT2D eigenvalue weighted by Gasteiger charge is -2.23. The van der Waals surface area contributed by atoms with Gasteiger partial charge in [-0.3, -0.25) is 9.78 Å². The van der Waals surface area contributed by atoms with E-state index in [1.807, 2.05) is 19.9 Å². The lowest BCUT2D eigenvalue weighted by atomic mass is 10.1. The number of aromatic nitrogens is 1. The highest BCUT2D eigenvalue weighted by Gasteiger charge is 2.29. The van der Waals surface area contributed by atoms with Crippen molar-refractivity contribution in [1.82, 2.24) is 4.98 Å². The number of pyridine rings is 1. The van der Waals surface area contributed by atoms with Crippen LogP contribution < -0.4 is 16.4 Å². The van der Waals surface area contributed by atoms with Crippen LogP contribution in [0.2, 0.25) is 0 Å². The molecule has 2 rings (SSSR count). The number of carbonyl (C=O) groups excluding carboxylic acids is 1. The van der Waals surface area contributed by atoms with Gasteiger partial charge in [-0.2, -0.15) is 0 Å². The molecular formula is C13H18N4OS. The van der Waals surface area contributed by atoms with Gasteiger partial charge in [0.1, 0.15) is 4.99 Å². The highest BCUT2D eigenvalue weighted by Crippen LogP contribution is 2.29. The minimum absolute atomic E-state index is 0.104. The average molecular weight is 278 g/mol. The lowest BCUT2D eigenvalue weighted by Crippen LogP contribution is -2.29. The van der Waals surface area contributed by atoms with Gasteiger partial charge in [0.25, 0.3) is 0 Å². The van der Waals surface area contributed by atoms with E-state index in [-0.39, 0.29) is 11.8 Å². The van der Waals surface area contributed by atoms with Gasteiger partial charge in [-0.05, 0) is 26.3 Å². The molecule has 1 amide bonds. The van der Waals surface area contributed by atoms with Crippen LogP contribution in [0, 0.1) is 19.8 Å². The summed E-state index contributed by atoms with van der Waals surface area (Å²) >= 11 is 5.12. The Kier molecular flexibility index (Phi) is 3.71. The van der Waals surface area contributed by atoms with Crippen molar-refractivity contribution in [3.8, 4) is 0 Å². The highest BCUT2D eigenvalue weighted by molar-refractivity contribution is 7.80. The molecule has 19 heavy (non-hydrogen) atoms. The minimum atomic E-state index is -0.248. The number of thiocarbonyl (C=S) groups is 1. The molecule has 0 aromatic carbocycles. The summed E-state index contributed by atoms with van der Waals surface area (Å²) in [6.07, 6.45) is 0.770. The van der Waals surface area contributed by atoms with Crippen molar-refractivity contribution in [2.24, 2.45) is 17.4 Å². The Morgan fingerprint density at radius 2 is 2.16 bits per heavy atom. The van der Waals surface area contributed by atoms with Gasteiger partial charge in [-0.1, -0.05) is 12.2 Å². The highest BCUT2D eigenvalue weighted by atomic mass is 32.1. The molecule has 1 aromatic rings. The summed E-state index contributed by atoms with van der Waals surface area (Å²) < 4.78 is 0. The molecule has 0 spiro atoms. The number of hydrogen-bond donors (Lipinski definition) is 2. The smallest absolute Gasteiger partial charge is 0.222 e. The van der Waals surface area contributed by atoms with E-state index in [2.05, 4.69) is 9.88 Å². The molecule has 5 nitrogen and oxygen atoms in total. The van der Waals surface area contributed by atoms with Crippen molar-refractivity contribution < 1.29 is 4.79 Å². The number of nitrogens with two attached hydrogens (primary N) is 2. The van der Waals surface area contributed by atoms with Crippen LogP contribution >= 0.6 is 12.2 Å². The number of primary amides is 1. The second-order valence-corrected chi connectivity index (χ2v) is 5.38. The van der Waals surface area contributed by atoms with Crippen molar-refractivity contribution in [3.63, 3.8) is 0 Å². The van der Waals surface area contributed by atoms with E-state index in [0.717, 1.165) is 35.6 Å². The zero-order valence-corrected chi connectivity index (χ0v) is 12.0. The quantitative estimate of drug-likeness (QED) is 0.793. The van der Waals surface area contributed by atoms with Crippen LogP contribution in [0.4, 0.5) is 5.69 Å². The van der Waals surface area contributed by atoms with E-state index < -0.39 is 0 Å². The van der Waals surface area contributed by atoms with Crippen LogP contribution in [-0.4, -0.2) is 29.0 Å². The van der Waals surface area contributed by atoms with E-state index in [4.69, 9.17) is 23.7 Å². The lowest BCUT2D eigenvalue weighted by molar-refractivity contribution is -0.121. The van der Waals surface area contributed by atoms with Crippen molar-refractivity contribution in [3.05, 3.63) is 23.0 Å². The van der Waals surface area contributed by atoms with E-state index in [1.54, 1.807) is 0 Å². The number of aryl methyl sites for hydroxylation is 2. The first kappa shape index (κ1) is 13.7. The van der Waals surface area contributed by atoms with Crippen LogP contribution in [0.5, 0.6) is 0 Å². The first-order valence-corrected chi connectivity index (χ1v) is 6.63. The van der Waals surface area contributed by atoms with Crippen LogP contribution in [-0.2, 0) is 4.79 Å². The fourth-order valence-electron chi connectivity index (χ4n) is 2.57. The maximum atomic E-state index is 11.3. The summed E-state index contributed by atoms with van der Waals surface area (Å²) in [4.78, 5) is 18.1. The molecule has 0 saturated carbocycles. The predicted molar refractivity (Wildman–Crippen MR) is 79.1 cm³/mol. The third-order valence-corrected chi connectivity index (χ3v) is 3.69. The molecule has 102 valence electrons. The van der Waals surface area contributed by atoms with Crippen molar-refractivity contribution in [2.75, 3.05) is 18.0 Å². The van der Waals surface area contributed by atoms with Crippen LogP contribution in [0.3, 0.4) is 0 Å². The average Bonchev–Trinajstić information content (AvgIpc) is 2.76. The van der Waals surface area contributed by atoms with Crippen LogP contribution in [0.25, 0.3) is 0 Å². The molecule has 1 aliphatic rings. The molecule has 4 N–H and O–H groups in total. The molecule has 1 unspecified atom stereocenters. The number of anilines is 1. The zero-order valence-electron chi connectivity index (χ0n) is 11.1. The summed E-state index contributed by atoms with van der Waals surface area (Å²) in [5.74, 6) is -0.352. The van der Waals surface area contributed by atoms with E-state index in [0.29, 0.717) is 11.5 Å². The van der Waals surface area contributed by atoms with Gasteiger partial charge >= 0.3 is 0 Å². The Bertz CT molecular complexity index is 544. The Morgan fingerprint density at radius 3 is 2.68 bits per heavy atom. The molecule has 0 bridgehead atoms. The zero-order chi connectivity index (χ0) is 14.2. The fourth-order valence-corrected chi connectivity index (χ4v) is 2.83. The topological polar surface area (TPSA) is 85.2 Å². The molecule has 1 aromatic heterocycles. The molecule has 1 fully saturated rings. The Hall–Kier alpha value is -1.69.